The van der Waals surface area contributed by atoms with Crippen LogP contribution in [0.4, 0.5) is 10.2 Å². The van der Waals surface area contributed by atoms with Gasteiger partial charge in [-0.2, -0.15) is 0 Å². The van der Waals surface area contributed by atoms with E-state index in [-0.39, 0.29) is 18.0 Å². The van der Waals surface area contributed by atoms with Crippen molar-refractivity contribution in [1.29, 1.82) is 0 Å². The highest BCUT2D eigenvalue weighted by Crippen LogP contribution is 2.18. The van der Waals surface area contributed by atoms with Crippen LogP contribution in [-0.4, -0.2) is 23.7 Å². The van der Waals surface area contributed by atoms with E-state index >= 15 is 0 Å². The van der Waals surface area contributed by atoms with Gasteiger partial charge in [0.15, 0.2) is 11.6 Å². The summed E-state index contributed by atoms with van der Waals surface area (Å²) in [7, 11) is 0. The molecule has 0 aromatic carbocycles. The smallest absolute Gasteiger partial charge is 0.165 e. The summed E-state index contributed by atoms with van der Waals surface area (Å²) in [4.78, 5) is 3.93. The number of anilines is 1. The number of hydrogen-bond acceptors (Lipinski definition) is 3. The van der Waals surface area contributed by atoms with Gasteiger partial charge in [-0.1, -0.05) is 0 Å². The molecule has 0 spiro atoms. The Morgan fingerprint density at radius 2 is 2.50 bits per heavy atom. The number of rotatable bonds is 2. The van der Waals surface area contributed by atoms with Crippen molar-refractivity contribution in [1.82, 2.24) is 4.98 Å². The minimum atomic E-state index is -0.313. The Balaban J connectivity index is 2.01. The van der Waals surface area contributed by atoms with Crippen LogP contribution < -0.4 is 5.32 Å². The summed E-state index contributed by atoms with van der Waals surface area (Å²) < 4.78 is 18.5. The van der Waals surface area contributed by atoms with Crippen molar-refractivity contribution in [2.75, 3.05) is 11.9 Å². The lowest BCUT2D eigenvalue weighted by Crippen LogP contribution is -2.20. The van der Waals surface area contributed by atoms with Crippen molar-refractivity contribution in [3.63, 3.8) is 0 Å². The molecule has 14 heavy (non-hydrogen) atoms. The zero-order chi connectivity index (χ0) is 9.97. The normalized spacial score (nSPS) is 26.4. The van der Waals surface area contributed by atoms with Gasteiger partial charge in [-0.05, 0) is 25.5 Å². The highest BCUT2D eigenvalue weighted by atomic mass is 19.1. The molecule has 0 aliphatic carbocycles. The first-order valence-corrected chi connectivity index (χ1v) is 4.74. The van der Waals surface area contributed by atoms with Crippen LogP contribution in [0.25, 0.3) is 0 Å². The molecule has 4 heteroatoms. The van der Waals surface area contributed by atoms with Gasteiger partial charge in [-0.3, -0.25) is 0 Å². The van der Waals surface area contributed by atoms with Crippen LogP contribution in [0.5, 0.6) is 0 Å². The Hall–Kier alpha value is -1.16. The molecule has 3 nitrogen and oxygen atoms in total. The molecule has 1 aromatic heterocycles. The van der Waals surface area contributed by atoms with E-state index in [1.165, 1.54) is 6.07 Å². The van der Waals surface area contributed by atoms with E-state index in [0.717, 1.165) is 6.42 Å². The van der Waals surface area contributed by atoms with Crippen LogP contribution in [0.15, 0.2) is 18.3 Å². The van der Waals surface area contributed by atoms with Crippen LogP contribution in [0.2, 0.25) is 0 Å². The zero-order valence-corrected chi connectivity index (χ0v) is 8.03. The molecule has 1 aromatic rings. The van der Waals surface area contributed by atoms with Gasteiger partial charge in [0.1, 0.15) is 0 Å². The molecule has 76 valence electrons. The predicted octanol–water partition coefficient (Wildman–Crippen LogP) is 1.81. The maximum absolute atomic E-state index is 13.2. The largest absolute Gasteiger partial charge is 0.376 e. The van der Waals surface area contributed by atoms with Crippen LogP contribution in [0, 0.1) is 5.82 Å². The fraction of sp³-hybridized carbons (Fsp3) is 0.500. The van der Waals surface area contributed by atoms with Gasteiger partial charge in [-0.15, -0.1) is 0 Å². The Morgan fingerprint density at radius 1 is 1.64 bits per heavy atom. The molecule has 0 amide bonds. The second-order valence-electron chi connectivity index (χ2n) is 3.55. The SMILES string of the molecule is CC1CC(Nc2ncccc2F)CO1. The lowest BCUT2D eigenvalue weighted by molar-refractivity contribution is 0.124. The highest BCUT2D eigenvalue weighted by molar-refractivity contribution is 5.36. The molecule has 1 fully saturated rings. The van der Waals surface area contributed by atoms with Gasteiger partial charge in [0, 0.05) is 6.20 Å². The Kier molecular flexibility index (Phi) is 2.63. The third-order valence-electron chi connectivity index (χ3n) is 2.30. The molecule has 2 unspecified atom stereocenters. The van der Waals surface area contributed by atoms with Gasteiger partial charge in [0.05, 0.1) is 18.8 Å². The molecular weight excluding hydrogens is 183 g/mol. The van der Waals surface area contributed by atoms with Crippen molar-refractivity contribution < 1.29 is 9.13 Å². The van der Waals surface area contributed by atoms with Crippen LogP contribution in [0.1, 0.15) is 13.3 Å². The number of aromatic nitrogens is 1. The molecule has 0 bridgehead atoms. The number of nitrogens with zero attached hydrogens (tertiary/aromatic N) is 1. The van der Waals surface area contributed by atoms with Crippen LogP contribution in [0.3, 0.4) is 0 Å². The number of pyridine rings is 1. The van der Waals surface area contributed by atoms with E-state index in [0.29, 0.717) is 12.4 Å². The first-order valence-electron chi connectivity index (χ1n) is 4.74. The highest BCUT2D eigenvalue weighted by Gasteiger charge is 2.22. The predicted molar refractivity (Wildman–Crippen MR) is 51.6 cm³/mol. The van der Waals surface area contributed by atoms with Gasteiger partial charge >= 0.3 is 0 Å². The number of hydrogen-bond donors (Lipinski definition) is 1. The number of halogens is 1. The maximum atomic E-state index is 13.2. The molecule has 0 radical (unpaired) electrons. The quantitative estimate of drug-likeness (QED) is 0.783. The van der Waals surface area contributed by atoms with Gasteiger partial charge in [0.2, 0.25) is 0 Å². The van der Waals surface area contributed by atoms with Crippen molar-refractivity contribution in [2.45, 2.75) is 25.5 Å². The minimum absolute atomic E-state index is 0.175. The molecule has 1 aliphatic rings. The van der Waals surface area contributed by atoms with E-state index in [4.69, 9.17) is 4.74 Å². The average molecular weight is 196 g/mol. The molecular formula is C10H13FN2O. The van der Waals surface area contributed by atoms with E-state index in [1.807, 2.05) is 6.92 Å². The fourth-order valence-electron chi connectivity index (χ4n) is 1.60. The molecule has 1 aliphatic heterocycles. The molecule has 1 saturated heterocycles. The summed E-state index contributed by atoms with van der Waals surface area (Å²) in [5.41, 5.74) is 0. The first kappa shape index (κ1) is 9.40. The maximum Gasteiger partial charge on any atom is 0.165 e. The Labute approximate surface area is 82.3 Å². The zero-order valence-electron chi connectivity index (χ0n) is 8.03. The molecule has 2 rings (SSSR count). The topological polar surface area (TPSA) is 34.2 Å². The minimum Gasteiger partial charge on any atom is -0.376 e. The van der Waals surface area contributed by atoms with Crippen LogP contribution >= 0.6 is 0 Å². The van der Waals surface area contributed by atoms with E-state index in [2.05, 4.69) is 10.3 Å². The van der Waals surface area contributed by atoms with E-state index < -0.39 is 0 Å². The standard InChI is InChI=1S/C10H13FN2O/c1-7-5-8(6-14-7)13-10-9(11)3-2-4-12-10/h2-4,7-8H,5-6H2,1H3,(H,12,13). The Bertz CT molecular complexity index is 319. The summed E-state index contributed by atoms with van der Waals surface area (Å²) in [6.07, 6.45) is 2.72. The van der Waals surface area contributed by atoms with Crippen LogP contribution in [-0.2, 0) is 4.74 Å². The summed E-state index contributed by atoms with van der Waals surface area (Å²) in [6, 6.07) is 3.15. The third-order valence-corrected chi connectivity index (χ3v) is 2.30. The number of ether oxygens (including phenoxy) is 1. The first-order chi connectivity index (χ1) is 6.75. The average Bonchev–Trinajstić information content (AvgIpc) is 2.56. The molecule has 1 N–H and O–H groups in total. The van der Waals surface area contributed by atoms with E-state index in [9.17, 15) is 4.39 Å². The molecule has 0 saturated carbocycles. The lowest BCUT2D eigenvalue weighted by Gasteiger charge is -2.11. The van der Waals surface area contributed by atoms with E-state index in [1.54, 1.807) is 12.3 Å². The van der Waals surface area contributed by atoms with Crippen molar-refractivity contribution in [3.8, 4) is 0 Å². The van der Waals surface area contributed by atoms with Gasteiger partial charge < -0.3 is 10.1 Å². The lowest BCUT2D eigenvalue weighted by atomic mass is 10.2. The number of nitrogens with one attached hydrogen (secondary N) is 1. The summed E-state index contributed by atoms with van der Waals surface area (Å²) in [6.45, 7) is 2.63. The Morgan fingerprint density at radius 3 is 3.14 bits per heavy atom. The summed E-state index contributed by atoms with van der Waals surface area (Å²) >= 11 is 0. The second-order valence-corrected chi connectivity index (χ2v) is 3.55. The van der Waals surface area contributed by atoms with Gasteiger partial charge in [0.25, 0.3) is 0 Å². The molecule has 2 heterocycles. The van der Waals surface area contributed by atoms with Crippen molar-refractivity contribution in [3.05, 3.63) is 24.1 Å². The second kappa shape index (κ2) is 3.92. The molecule has 2 atom stereocenters. The fourth-order valence-corrected chi connectivity index (χ4v) is 1.60. The van der Waals surface area contributed by atoms with Gasteiger partial charge in [-0.25, -0.2) is 9.37 Å². The monoisotopic (exact) mass is 196 g/mol. The van der Waals surface area contributed by atoms with Crippen molar-refractivity contribution >= 4 is 5.82 Å². The van der Waals surface area contributed by atoms with Crippen molar-refractivity contribution in [2.24, 2.45) is 0 Å². The third kappa shape index (κ3) is 2.01. The summed E-state index contributed by atoms with van der Waals surface area (Å²) in [5, 5.41) is 3.03. The summed E-state index contributed by atoms with van der Waals surface area (Å²) in [5.74, 6) is 0.00209.